The van der Waals surface area contributed by atoms with E-state index in [2.05, 4.69) is 17.2 Å². The van der Waals surface area contributed by atoms with Crippen LogP contribution in [0.25, 0.3) is 0 Å². The molecule has 0 saturated carbocycles. The van der Waals surface area contributed by atoms with Gasteiger partial charge in [-0.25, -0.2) is 0 Å². The Hall–Kier alpha value is -2.49. The van der Waals surface area contributed by atoms with E-state index in [1.807, 2.05) is 0 Å². The molecule has 0 bridgehead atoms. The second-order valence-electron chi connectivity index (χ2n) is 3.61. The first-order valence-electron chi connectivity index (χ1n) is 5.51. The third-order valence-corrected chi connectivity index (χ3v) is 2.22. The predicted molar refractivity (Wildman–Crippen MR) is 65.8 cm³/mol. The van der Waals surface area contributed by atoms with Crippen molar-refractivity contribution < 1.29 is 22.8 Å². The number of hydrogen-bond donors (Lipinski definition) is 2. The molecule has 1 aromatic carbocycles. The Morgan fingerprint density at radius 1 is 1.25 bits per heavy atom. The number of nitrogens with one attached hydrogen (secondary N) is 2. The summed E-state index contributed by atoms with van der Waals surface area (Å²) in [7, 11) is 1.45. The smallest absolute Gasteiger partial charge is 0.355 e. The molecule has 1 aromatic rings. The maximum atomic E-state index is 11.9. The molecule has 2 amide bonds. The van der Waals surface area contributed by atoms with Crippen molar-refractivity contribution in [3.05, 3.63) is 35.4 Å². The van der Waals surface area contributed by atoms with Crippen LogP contribution in [-0.2, 0) is 4.79 Å². The molecule has 0 spiro atoms. The van der Waals surface area contributed by atoms with E-state index in [1.165, 1.54) is 13.1 Å². The maximum Gasteiger partial charge on any atom is 0.471 e. The second-order valence-corrected chi connectivity index (χ2v) is 3.61. The van der Waals surface area contributed by atoms with Crippen LogP contribution in [0, 0.1) is 11.8 Å². The monoisotopic (exact) mass is 284 g/mol. The Bertz CT molecular complexity index is 571. The second kappa shape index (κ2) is 6.61. The van der Waals surface area contributed by atoms with Crippen LogP contribution >= 0.6 is 0 Å². The number of halogens is 3. The Kier molecular flexibility index (Phi) is 5.15. The molecule has 4 nitrogen and oxygen atoms in total. The lowest BCUT2D eigenvalue weighted by molar-refractivity contribution is -0.173. The van der Waals surface area contributed by atoms with Gasteiger partial charge in [-0.1, -0.05) is 24.0 Å². The van der Waals surface area contributed by atoms with Gasteiger partial charge in [-0.05, 0) is 12.1 Å². The molecule has 0 radical (unpaired) electrons. The molecule has 0 heterocycles. The van der Waals surface area contributed by atoms with Crippen molar-refractivity contribution in [1.82, 2.24) is 10.6 Å². The van der Waals surface area contributed by atoms with Crippen LogP contribution in [0.4, 0.5) is 13.2 Å². The summed E-state index contributed by atoms with van der Waals surface area (Å²) >= 11 is 0. The number of rotatable bonds is 2. The van der Waals surface area contributed by atoms with Gasteiger partial charge in [0, 0.05) is 12.6 Å². The molecule has 0 aromatic heterocycles. The molecule has 7 heteroatoms. The fraction of sp³-hybridized carbons (Fsp3) is 0.231. The van der Waals surface area contributed by atoms with Crippen molar-refractivity contribution in [2.45, 2.75) is 6.18 Å². The van der Waals surface area contributed by atoms with Crippen LogP contribution in [0.15, 0.2) is 24.3 Å². The van der Waals surface area contributed by atoms with Gasteiger partial charge in [0.1, 0.15) is 0 Å². The Morgan fingerprint density at radius 3 is 2.50 bits per heavy atom. The minimum atomic E-state index is -4.93. The number of hydrogen-bond acceptors (Lipinski definition) is 2. The molecule has 0 aliphatic carbocycles. The molecule has 0 fully saturated rings. The predicted octanol–water partition coefficient (Wildman–Crippen LogP) is 1.08. The zero-order chi connectivity index (χ0) is 15.2. The fourth-order valence-electron chi connectivity index (χ4n) is 1.29. The van der Waals surface area contributed by atoms with Crippen LogP contribution in [0.5, 0.6) is 0 Å². The van der Waals surface area contributed by atoms with E-state index < -0.39 is 18.6 Å². The Morgan fingerprint density at radius 2 is 1.90 bits per heavy atom. The molecular weight excluding hydrogens is 273 g/mol. The standard InChI is InChI=1S/C13H11F3N2O2/c1-17-11(19)10-7-3-2-5-9(10)6-4-8-18-12(20)13(14,15)16/h2-3,5,7H,8H2,1H3,(H,17,19)(H,18,20). The average Bonchev–Trinajstić information content (AvgIpc) is 2.41. The molecular formula is C13H11F3N2O2. The van der Waals surface area contributed by atoms with Gasteiger partial charge in [0.2, 0.25) is 0 Å². The van der Waals surface area contributed by atoms with Crippen molar-refractivity contribution in [2.75, 3.05) is 13.6 Å². The summed E-state index contributed by atoms with van der Waals surface area (Å²) in [5.41, 5.74) is 0.678. The van der Waals surface area contributed by atoms with E-state index in [4.69, 9.17) is 0 Å². The van der Waals surface area contributed by atoms with Crippen molar-refractivity contribution in [1.29, 1.82) is 0 Å². The molecule has 0 unspecified atom stereocenters. The molecule has 0 atom stereocenters. The number of carbonyl (C=O) groups excluding carboxylic acids is 2. The van der Waals surface area contributed by atoms with Crippen molar-refractivity contribution in [3.63, 3.8) is 0 Å². The quantitative estimate of drug-likeness (QED) is 0.798. The molecule has 20 heavy (non-hydrogen) atoms. The first kappa shape index (κ1) is 15.6. The van der Waals surface area contributed by atoms with Crippen LogP contribution in [0.3, 0.4) is 0 Å². The van der Waals surface area contributed by atoms with Crippen LogP contribution in [0.1, 0.15) is 15.9 Å². The van der Waals surface area contributed by atoms with E-state index in [9.17, 15) is 22.8 Å². The van der Waals surface area contributed by atoms with Gasteiger partial charge in [0.25, 0.3) is 5.91 Å². The first-order valence-corrected chi connectivity index (χ1v) is 5.51. The normalized spacial score (nSPS) is 10.2. The highest BCUT2D eigenvalue weighted by Crippen LogP contribution is 2.13. The zero-order valence-corrected chi connectivity index (χ0v) is 10.5. The average molecular weight is 284 g/mol. The van der Waals surface area contributed by atoms with Gasteiger partial charge in [-0.3, -0.25) is 9.59 Å². The zero-order valence-electron chi connectivity index (χ0n) is 10.5. The van der Waals surface area contributed by atoms with E-state index in [-0.39, 0.29) is 5.91 Å². The highest BCUT2D eigenvalue weighted by atomic mass is 19.4. The number of alkyl halides is 3. The summed E-state index contributed by atoms with van der Waals surface area (Å²) < 4.78 is 35.7. The molecule has 0 saturated heterocycles. The summed E-state index contributed by atoms with van der Waals surface area (Å²) in [4.78, 5) is 22.0. The van der Waals surface area contributed by atoms with Gasteiger partial charge < -0.3 is 10.6 Å². The van der Waals surface area contributed by atoms with E-state index in [1.54, 1.807) is 23.5 Å². The minimum absolute atomic E-state index is 0.310. The Balaban J connectivity index is 2.74. The lowest BCUT2D eigenvalue weighted by Crippen LogP contribution is -2.36. The molecule has 106 valence electrons. The van der Waals surface area contributed by atoms with Gasteiger partial charge in [-0.2, -0.15) is 13.2 Å². The van der Waals surface area contributed by atoms with Crippen LogP contribution < -0.4 is 10.6 Å². The summed E-state index contributed by atoms with van der Waals surface area (Å²) in [6.45, 7) is -0.458. The van der Waals surface area contributed by atoms with Gasteiger partial charge in [-0.15, -0.1) is 0 Å². The van der Waals surface area contributed by atoms with E-state index in [0.717, 1.165) is 0 Å². The number of amides is 2. The molecule has 1 rings (SSSR count). The number of carbonyl (C=O) groups is 2. The maximum absolute atomic E-state index is 11.9. The van der Waals surface area contributed by atoms with E-state index >= 15 is 0 Å². The highest BCUT2D eigenvalue weighted by Gasteiger charge is 2.38. The van der Waals surface area contributed by atoms with Gasteiger partial charge in [0.15, 0.2) is 0 Å². The topological polar surface area (TPSA) is 58.2 Å². The third-order valence-electron chi connectivity index (χ3n) is 2.22. The SMILES string of the molecule is CNC(=O)c1ccccc1C#CCNC(=O)C(F)(F)F. The van der Waals surface area contributed by atoms with Crippen molar-refractivity contribution in [3.8, 4) is 11.8 Å². The lowest BCUT2D eigenvalue weighted by Gasteiger charge is -2.04. The van der Waals surface area contributed by atoms with E-state index in [0.29, 0.717) is 11.1 Å². The Labute approximate surface area is 113 Å². The number of benzene rings is 1. The summed E-state index contributed by atoms with van der Waals surface area (Å²) in [5, 5.41) is 4.04. The fourth-order valence-corrected chi connectivity index (χ4v) is 1.29. The lowest BCUT2D eigenvalue weighted by atomic mass is 10.1. The van der Waals surface area contributed by atoms with Gasteiger partial charge in [0.05, 0.1) is 12.1 Å². The third kappa shape index (κ3) is 4.31. The largest absolute Gasteiger partial charge is 0.471 e. The summed E-state index contributed by atoms with van der Waals surface area (Å²) in [6, 6.07) is 6.38. The highest BCUT2D eigenvalue weighted by molar-refractivity contribution is 5.96. The van der Waals surface area contributed by atoms with Gasteiger partial charge >= 0.3 is 12.1 Å². The molecule has 0 aliphatic rings. The minimum Gasteiger partial charge on any atom is -0.355 e. The summed E-state index contributed by atoms with van der Waals surface area (Å²) in [5.74, 6) is 2.50. The molecule has 0 aliphatic heterocycles. The van der Waals surface area contributed by atoms with Crippen LogP contribution in [0.2, 0.25) is 0 Å². The summed E-state index contributed by atoms with van der Waals surface area (Å²) in [6.07, 6.45) is -4.93. The van der Waals surface area contributed by atoms with Crippen LogP contribution in [-0.4, -0.2) is 31.6 Å². The first-order chi connectivity index (χ1) is 9.36. The molecule has 2 N–H and O–H groups in total. The van der Waals surface area contributed by atoms with Crippen molar-refractivity contribution >= 4 is 11.8 Å². The van der Waals surface area contributed by atoms with Crippen molar-refractivity contribution in [2.24, 2.45) is 0 Å².